The highest BCUT2D eigenvalue weighted by molar-refractivity contribution is 5.87. The summed E-state index contributed by atoms with van der Waals surface area (Å²) >= 11 is 0. The molecule has 5 nitrogen and oxygen atoms in total. The smallest absolute Gasteiger partial charge is 0.335 e. The summed E-state index contributed by atoms with van der Waals surface area (Å²) in [6.45, 7) is 11.8. The third kappa shape index (κ3) is 5.25. The van der Waals surface area contributed by atoms with E-state index in [4.69, 9.17) is 0 Å². The number of fused-ring (bicyclic) bond motifs is 1. The number of hydrogen-bond acceptors (Lipinski definition) is 2. The van der Waals surface area contributed by atoms with Crippen LogP contribution in [-0.4, -0.2) is 52.8 Å². The van der Waals surface area contributed by atoms with Crippen molar-refractivity contribution in [2.24, 2.45) is 5.41 Å². The minimum atomic E-state index is -4.72. The first-order chi connectivity index (χ1) is 18.8. The zero-order valence-corrected chi connectivity index (χ0v) is 23.0. The molecule has 2 aliphatic heterocycles. The number of alkyl halides is 3. The van der Waals surface area contributed by atoms with E-state index in [9.17, 15) is 27.2 Å². The number of benzene rings is 2. The normalized spacial score (nSPS) is 21.1. The predicted molar refractivity (Wildman–Crippen MR) is 146 cm³/mol. The van der Waals surface area contributed by atoms with Gasteiger partial charge in [-0.15, -0.1) is 13.2 Å². The molecule has 2 saturated heterocycles. The average Bonchev–Trinajstić information content (AvgIpc) is 3.18. The van der Waals surface area contributed by atoms with Crippen molar-refractivity contribution in [2.45, 2.75) is 57.4 Å². The number of aryl methyl sites for hydroxylation is 1. The molecular formula is C31H35F4N3O2. The van der Waals surface area contributed by atoms with E-state index in [1.165, 1.54) is 11.9 Å². The van der Waals surface area contributed by atoms with Gasteiger partial charge in [0.2, 0.25) is 5.91 Å². The number of amides is 3. The molecular weight excluding hydrogens is 522 g/mol. The lowest BCUT2D eigenvalue weighted by molar-refractivity contribution is -0.139. The molecule has 2 heterocycles. The summed E-state index contributed by atoms with van der Waals surface area (Å²) in [5.74, 6) is -1.00. The molecule has 40 heavy (non-hydrogen) atoms. The van der Waals surface area contributed by atoms with Crippen LogP contribution < -0.4 is 0 Å². The Morgan fingerprint density at radius 2 is 1.80 bits per heavy atom. The standard InChI is InChI=1S/C31H35F4N3O2/c1-6-12-30(13-7-2)19-26-27(25-11-9-8-10-20(25)3)38(15-14-37(26)28(30)39)29(40)36(5)21(4)22-16-23(31(33,34)35)18-24(32)17-22/h6-11,16-18,21,26-27H,1-2,12-15,19H2,3-5H3/t21-,26+,27+/m1/s1. The van der Waals surface area contributed by atoms with E-state index in [-0.39, 0.29) is 24.1 Å². The second-order valence-corrected chi connectivity index (χ2v) is 10.9. The maximum Gasteiger partial charge on any atom is 0.416 e. The zero-order chi connectivity index (χ0) is 29.4. The molecule has 2 aromatic carbocycles. The quantitative estimate of drug-likeness (QED) is 0.270. The average molecular weight is 558 g/mol. The van der Waals surface area contributed by atoms with Crippen LogP contribution in [0.25, 0.3) is 0 Å². The molecule has 2 aliphatic rings. The van der Waals surface area contributed by atoms with E-state index in [1.807, 2.05) is 36.1 Å². The minimum Gasteiger partial charge on any atom is -0.335 e. The number of urea groups is 1. The van der Waals surface area contributed by atoms with Crippen molar-refractivity contribution in [1.29, 1.82) is 0 Å². The van der Waals surface area contributed by atoms with E-state index in [2.05, 4.69) is 13.2 Å². The summed E-state index contributed by atoms with van der Waals surface area (Å²) in [5.41, 5.74) is 0.106. The van der Waals surface area contributed by atoms with Crippen molar-refractivity contribution < 1.29 is 27.2 Å². The summed E-state index contributed by atoms with van der Waals surface area (Å²) in [6, 6.07) is 8.01. The molecule has 0 N–H and O–H groups in total. The van der Waals surface area contributed by atoms with Gasteiger partial charge < -0.3 is 14.7 Å². The molecule has 0 saturated carbocycles. The van der Waals surface area contributed by atoms with E-state index < -0.39 is 41.1 Å². The van der Waals surface area contributed by atoms with Crippen molar-refractivity contribution in [1.82, 2.24) is 14.7 Å². The van der Waals surface area contributed by atoms with Gasteiger partial charge in [-0.3, -0.25) is 4.79 Å². The molecule has 0 radical (unpaired) electrons. The van der Waals surface area contributed by atoms with Gasteiger partial charge in [-0.25, -0.2) is 9.18 Å². The van der Waals surface area contributed by atoms with E-state index in [1.54, 1.807) is 24.0 Å². The first-order valence-electron chi connectivity index (χ1n) is 13.3. The predicted octanol–water partition coefficient (Wildman–Crippen LogP) is 7.06. The van der Waals surface area contributed by atoms with Crippen LogP contribution in [0.2, 0.25) is 0 Å². The monoisotopic (exact) mass is 557 g/mol. The van der Waals surface area contributed by atoms with Gasteiger partial charge in [-0.05, 0) is 68.0 Å². The lowest BCUT2D eigenvalue weighted by atomic mass is 9.76. The number of allylic oxidation sites excluding steroid dienone is 2. The fourth-order valence-electron chi connectivity index (χ4n) is 6.26. The number of halogens is 4. The van der Waals surface area contributed by atoms with Gasteiger partial charge >= 0.3 is 12.2 Å². The Balaban J connectivity index is 1.72. The molecule has 4 rings (SSSR count). The maximum atomic E-state index is 14.2. The Labute approximate surface area is 232 Å². The van der Waals surface area contributed by atoms with Crippen molar-refractivity contribution in [3.63, 3.8) is 0 Å². The molecule has 2 fully saturated rings. The SMILES string of the molecule is C=CCC1(CC=C)C[C@H]2[C@H](c3ccccc3C)N(C(=O)N(C)[C@H](C)c3cc(F)cc(C(F)(F)F)c3)CCN2C1=O. The molecule has 0 aromatic heterocycles. The van der Waals surface area contributed by atoms with Gasteiger partial charge in [0, 0.05) is 20.1 Å². The third-order valence-electron chi connectivity index (χ3n) is 8.43. The number of piperazine rings is 1. The first kappa shape index (κ1) is 29.4. The topological polar surface area (TPSA) is 43.9 Å². The van der Waals surface area contributed by atoms with Crippen LogP contribution in [0.5, 0.6) is 0 Å². The molecule has 0 unspecified atom stereocenters. The maximum absolute atomic E-state index is 14.2. The summed E-state index contributed by atoms with van der Waals surface area (Å²) < 4.78 is 54.3. The number of nitrogens with zero attached hydrogens (tertiary/aromatic N) is 3. The highest BCUT2D eigenvalue weighted by Crippen LogP contribution is 2.49. The molecule has 3 atom stereocenters. The molecule has 9 heteroatoms. The number of carbonyl (C=O) groups excluding carboxylic acids is 2. The Hall–Kier alpha value is -3.62. The van der Waals surface area contributed by atoms with Crippen LogP contribution in [-0.2, 0) is 11.0 Å². The van der Waals surface area contributed by atoms with Gasteiger partial charge in [-0.2, -0.15) is 13.2 Å². The lowest BCUT2D eigenvalue weighted by Crippen LogP contribution is -2.57. The number of rotatable bonds is 7. The Bertz CT molecular complexity index is 1300. The zero-order valence-electron chi connectivity index (χ0n) is 23.0. The summed E-state index contributed by atoms with van der Waals surface area (Å²) in [6.07, 6.45) is 0.244. The summed E-state index contributed by atoms with van der Waals surface area (Å²) in [5, 5.41) is 0. The molecule has 214 valence electrons. The second-order valence-electron chi connectivity index (χ2n) is 10.9. The highest BCUT2D eigenvalue weighted by Gasteiger charge is 2.56. The van der Waals surface area contributed by atoms with Crippen LogP contribution in [0.4, 0.5) is 22.4 Å². The van der Waals surface area contributed by atoms with Crippen molar-refractivity contribution >= 4 is 11.9 Å². The van der Waals surface area contributed by atoms with Crippen LogP contribution >= 0.6 is 0 Å². The van der Waals surface area contributed by atoms with Crippen LogP contribution in [0.15, 0.2) is 67.8 Å². The van der Waals surface area contributed by atoms with E-state index in [0.717, 1.165) is 23.3 Å². The highest BCUT2D eigenvalue weighted by atomic mass is 19.4. The van der Waals surface area contributed by atoms with Crippen molar-refractivity contribution in [3.05, 3.63) is 95.8 Å². The fourth-order valence-corrected chi connectivity index (χ4v) is 6.26. The molecule has 0 aliphatic carbocycles. The lowest BCUT2D eigenvalue weighted by Gasteiger charge is -2.47. The van der Waals surface area contributed by atoms with Crippen LogP contribution in [0, 0.1) is 18.2 Å². The van der Waals surface area contributed by atoms with Crippen LogP contribution in [0.3, 0.4) is 0 Å². The van der Waals surface area contributed by atoms with Gasteiger partial charge in [0.25, 0.3) is 0 Å². The van der Waals surface area contributed by atoms with E-state index >= 15 is 0 Å². The van der Waals surface area contributed by atoms with E-state index in [0.29, 0.717) is 31.9 Å². The van der Waals surface area contributed by atoms with Gasteiger partial charge in [0.05, 0.1) is 29.1 Å². The van der Waals surface area contributed by atoms with Gasteiger partial charge in [0.1, 0.15) is 5.82 Å². The minimum absolute atomic E-state index is 0.0177. The fraction of sp³-hybridized carbons (Fsp3) is 0.419. The van der Waals surface area contributed by atoms with Gasteiger partial charge in [0.15, 0.2) is 0 Å². The Morgan fingerprint density at radius 1 is 1.15 bits per heavy atom. The number of carbonyl (C=O) groups is 2. The first-order valence-corrected chi connectivity index (χ1v) is 13.3. The van der Waals surface area contributed by atoms with Crippen molar-refractivity contribution in [3.8, 4) is 0 Å². The molecule has 0 spiro atoms. The Morgan fingerprint density at radius 3 is 2.40 bits per heavy atom. The largest absolute Gasteiger partial charge is 0.416 e. The third-order valence-corrected chi connectivity index (χ3v) is 8.43. The molecule has 3 amide bonds. The summed E-state index contributed by atoms with van der Waals surface area (Å²) in [4.78, 5) is 32.7. The van der Waals surface area contributed by atoms with Crippen LogP contribution in [0.1, 0.15) is 60.5 Å². The second kappa shape index (κ2) is 11.1. The van der Waals surface area contributed by atoms with Crippen molar-refractivity contribution in [2.75, 3.05) is 20.1 Å². The van der Waals surface area contributed by atoms with Gasteiger partial charge in [-0.1, -0.05) is 36.4 Å². The molecule has 2 aromatic rings. The Kier molecular flexibility index (Phi) is 8.15. The summed E-state index contributed by atoms with van der Waals surface area (Å²) in [7, 11) is 1.51. The molecule has 0 bridgehead atoms. The number of hydrogen-bond donors (Lipinski definition) is 0.